The van der Waals surface area contributed by atoms with Gasteiger partial charge in [0.1, 0.15) is 11.4 Å². The van der Waals surface area contributed by atoms with Gasteiger partial charge in [-0.1, -0.05) is 0 Å². The monoisotopic (exact) mass is 482 g/mol. The minimum absolute atomic E-state index is 0.161. The number of nitrogens with zero attached hydrogens (tertiary/aromatic N) is 7. The lowest BCUT2D eigenvalue weighted by Crippen LogP contribution is -2.70. The van der Waals surface area contributed by atoms with Crippen molar-refractivity contribution >= 4 is 23.8 Å². The molecule has 0 aromatic carbocycles. The lowest BCUT2D eigenvalue weighted by Gasteiger charge is -2.53. The Hall–Kier alpha value is -3.21. The fourth-order valence-corrected chi connectivity index (χ4v) is 5.02. The molecule has 1 amide bonds. The number of nitrogen functional groups attached to an aromatic ring is 1. The molecule has 35 heavy (non-hydrogen) atoms. The van der Waals surface area contributed by atoms with Gasteiger partial charge in [-0.05, 0) is 41.0 Å². The van der Waals surface area contributed by atoms with Gasteiger partial charge in [0.2, 0.25) is 11.9 Å². The zero-order chi connectivity index (χ0) is 25.0. The molecule has 11 nitrogen and oxygen atoms in total. The Labute approximate surface area is 205 Å². The smallest absolute Gasteiger partial charge is 0.410 e. The van der Waals surface area contributed by atoms with Crippen LogP contribution in [0.1, 0.15) is 40.2 Å². The third-order valence-corrected chi connectivity index (χ3v) is 6.75. The highest BCUT2D eigenvalue weighted by atomic mass is 16.6. The average Bonchev–Trinajstić information content (AvgIpc) is 3.20. The van der Waals surface area contributed by atoms with Crippen LogP contribution in [0.3, 0.4) is 0 Å². The molecule has 5 rings (SSSR count). The van der Waals surface area contributed by atoms with Crippen molar-refractivity contribution in [3.8, 4) is 11.3 Å². The summed E-state index contributed by atoms with van der Waals surface area (Å²) in [5, 5.41) is 0. The molecule has 2 fully saturated rings. The highest BCUT2D eigenvalue weighted by molar-refractivity contribution is 5.75. The van der Waals surface area contributed by atoms with Gasteiger partial charge in [-0.2, -0.15) is 4.98 Å². The van der Waals surface area contributed by atoms with Crippen LogP contribution in [0.25, 0.3) is 11.3 Å². The van der Waals surface area contributed by atoms with E-state index in [1.54, 1.807) is 17.3 Å². The molecule has 0 spiro atoms. The molecule has 188 valence electrons. The number of rotatable bonds is 3. The number of nitrogens with two attached hydrogens (primary N) is 1. The Morgan fingerprint density at radius 1 is 1.20 bits per heavy atom. The molecule has 2 N–H and O–H groups in total. The van der Waals surface area contributed by atoms with Crippen LogP contribution in [0.5, 0.6) is 0 Å². The molecule has 2 aromatic heterocycles. The van der Waals surface area contributed by atoms with Gasteiger partial charge >= 0.3 is 6.09 Å². The van der Waals surface area contributed by atoms with Crippen molar-refractivity contribution in [2.45, 2.75) is 58.2 Å². The largest absolute Gasteiger partial charge is 0.444 e. The van der Waals surface area contributed by atoms with Gasteiger partial charge in [0.05, 0.1) is 30.5 Å². The van der Waals surface area contributed by atoms with E-state index < -0.39 is 5.60 Å². The van der Waals surface area contributed by atoms with Crippen LogP contribution in [0.2, 0.25) is 0 Å². The number of aromatic nitrogens is 4. The molecular formula is C24H34N8O3. The van der Waals surface area contributed by atoms with E-state index in [4.69, 9.17) is 25.2 Å². The second-order valence-electron chi connectivity index (χ2n) is 10.9. The average molecular weight is 483 g/mol. The molecule has 3 aliphatic heterocycles. The van der Waals surface area contributed by atoms with E-state index in [-0.39, 0.29) is 23.6 Å². The van der Waals surface area contributed by atoms with Crippen LogP contribution in [0.4, 0.5) is 22.5 Å². The molecule has 3 aliphatic rings. The number of likely N-dealkylation sites (tertiary alicyclic amines) is 1. The minimum atomic E-state index is -0.518. The van der Waals surface area contributed by atoms with Gasteiger partial charge in [-0.3, -0.25) is 0 Å². The van der Waals surface area contributed by atoms with E-state index in [1.807, 2.05) is 20.8 Å². The zero-order valence-electron chi connectivity index (χ0n) is 21.1. The zero-order valence-corrected chi connectivity index (χ0v) is 21.1. The van der Waals surface area contributed by atoms with Crippen LogP contribution in [-0.4, -0.2) is 87.5 Å². The van der Waals surface area contributed by atoms with Crippen molar-refractivity contribution in [2.24, 2.45) is 0 Å². The van der Waals surface area contributed by atoms with Crippen molar-refractivity contribution in [2.75, 3.05) is 54.9 Å². The number of carbonyl (C=O) groups is 1. The lowest BCUT2D eigenvalue weighted by atomic mass is 9.90. The summed E-state index contributed by atoms with van der Waals surface area (Å²) in [6, 6.07) is 0.161. The summed E-state index contributed by atoms with van der Waals surface area (Å²) < 4.78 is 11.2. The number of hydrogen-bond acceptors (Lipinski definition) is 10. The second-order valence-corrected chi connectivity index (χ2v) is 10.9. The van der Waals surface area contributed by atoms with Crippen LogP contribution in [0.15, 0.2) is 12.4 Å². The summed E-state index contributed by atoms with van der Waals surface area (Å²) >= 11 is 0. The van der Waals surface area contributed by atoms with E-state index >= 15 is 0 Å². The maximum atomic E-state index is 12.6. The highest BCUT2D eigenvalue weighted by Gasteiger charge is 2.50. The summed E-state index contributed by atoms with van der Waals surface area (Å²) in [6.45, 7) is 13.9. The summed E-state index contributed by atoms with van der Waals surface area (Å²) in [5.74, 6) is 1.81. The van der Waals surface area contributed by atoms with Crippen molar-refractivity contribution in [3.05, 3.63) is 18.0 Å². The van der Waals surface area contributed by atoms with Gasteiger partial charge in [-0.15, -0.1) is 0 Å². The third-order valence-electron chi connectivity index (χ3n) is 6.75. The predicted octanol–water partition coefficient (Wildman–Crippen LogP) is 2.11. The highest BCUT2D eigenvalue weighted by Crippen LogP contribution is 2.42. The first kappa shape index (κ1) is 23.5. The van der Waals surface area contributed by atoms with Crippen LogP contribution < -0.4 is 15.5 Å². The number of amides is 1. The minimum Gasteiger partial charge on any atom is -0.444 e. The summed E-state index contributed by atoms with van der Waals surface area (Å²) in [4.78, 5) is 37.3. The summed E-state index contributed by atoms with van der Waals surface area (Å²) in [6.07, 6.45) is 3.96. The van der Waals surface area contributed by atoms with Crippen LogP contribution in [0, 0.1) is 0 Å². The first-order valence-electron chi connectivity index (χ1n) is 12.1. The first-order chi connectivity index (χ1) is 16.5. The number of ether oxygens (including phenoxy) is 2. The molecule has 0 aliphatic carbocycles. The molecular weight excluding hydrogens is 448 g/mol. The number of morpholine rings is 1. The Morgan fingerprint density at radius 2 is 1.91 bits per heavy atom. The van der Waals surface area contributed by atoms with Crippen molar-refractivity contribution in [3.63, 3.8) is 0 Å². The van der Waals surface area contributed by atoms with Crippen LogP contribution in [-0.2, 0) is 15.9 Å². The van der Waals surface area contributed by atoms with E-state index in [0.29, 0.717) is 32.3 Å². The lowest BCUT2D eigenvalue weighted by molar-refractivity contribution is -0.00600. The molecule has 11 heteroatoms. The molecule has 5 heterocycles. The maximum Gasteiger partial charge on any atom is 0.410 e. The summed E-state index contributed by atoms with van der Waals surface area (Å²) in [7, 11) is 0. The molecule has 0 radical (unpaired) electrons. The third kappa shape index (κ3) is 4.44. The van der Waals surface area contributed by atoms with Crippen LogP contribution >= 0.6 is 0 Å². The topological polar surface area (TPSA) is 123 Å². The Bertz CT molecular complexity index is 1110. The van der Waals surface area contributed by atoms with E-state index in [1.165, 1.54) is 0 Å². The fourth-order valence-electron chi connectivity index (χ4n) is 5.02. The Kier molecular flexibility index (Phi) is 5.70. The Morgan fingerprint density at radius 3 is 2.57 bits per heavy atom. The van der Waals surface area contributed by atoms with Gasteiger partial charge in [0, 0.05) is 49.7 Å². The molecule has 0 saturated carbocycles. The first-order valence-corrected chi connectivity index (χ1v) is 12.1. The molecule has 1 atom stereocenters. The van der Waals surface area contributed by atoms with Gasteiger partial charge in [-0.25, -0.2) is 19.7 Å². The van der Waals surface area contributed by atoms with Gasteiger partial charge < -0.3 is 29.9 Å². The predicted molar refractivity (Wildman–Crippen MR) is 132 cm³/mol. The maximum absolute atomic E-state index is 12.6. The van der Waals surface area contributed by atoms with E-state index in [2.05, 4.69) is 33.6 Å². The van der Waals surface area contributed by atoms with Crippen molar-refractivity contribution in [1.82, 2.24) is 24.8 Å². The SMILES string of the molecule is C[C@H]1COCCN1c1nc(-c2cnc(N)nc2)c2c(n1)N(C1(C)CN(C(=O)OC(C)(C)C)C1)CC2. The summed E-state index contributed by atoms with van der Waals surface area (Å²) in [5.41, 5.74) is 7.70. The number of carbonyl (C=O) groups excluding carboxylic acids is 1. The quantitative estimate of drug-likeness (QED) is 0.696. The molecule has 0 bridgehead atoms. The Balaban J connectivity index is 1.48. The molecule has 0 unspecified atom stereocenters. The molecule has 2 aromatic rings. The number of anilines is 3. The number of hydrogen-bond donors (Lipinski definition) is 1. The number of fused-ring (bicyclic) bond motifs is 1. The van der Waals surface area contributed by atoms with Gasteiger partial charge in [0.25, 0.3) is 0 Å². The van der Waals surface area contributed by atoms with E-state index in [9.17, 15) is 4.79 Å². The van der Waals surface area contributed by atoms with Crippen molar-refractivity contribution in [1.29, 1.82) is 0 Å². The fraction of sp³-hybridized carbons (Fsp3) is 0.625. The van der Waals surface area contributed by atoms with Gasteiger partial charge in [0.15, 0.2) is 0 Å². The molecule has 2 saturated heterocycles. The normalized spacial score (nSPS) is 21.5. The second kappa shape index (κ2) is 8.47. The standard InChI is InChI=1S/C24H34N8O3/c1-15-12-34-9-8-31(15)21-28-18(16-10-26-20(25)27-11-16)17-6-7-32(19(17)29-21)24(5)13-30(14-24)22(33)35-23(2,3)4/h10-11,15H,6-9,12-14H2,1-5H3,(H2,25,26,27)/t15-/m0/s1. The van der Waals surface area contributed by atoms with Crippen molar-refractivity contribution < 1.29 is 14.3 Å². The van der Waals surface area contributed by atoms with E-state index in [0.717, 1.165) is 42.1 Å².